The molecule has 0 saturated carbocycles. The zero-order valence-electron chi connectivity index (χ0n) is 12.1. The minimum absolute atomic E-state index is 1.02. The van der Waals surface area contributed by atoms with E-state index in [9.17, 15) is 0 Å². The fraction of sp³-hybridized carbons (Fsp3) is 0.150. The van der Waals surface area contributed by atoms with E-state index in [4.69, 9.17) is 4.98 Å². The average molecular weight is 273 g/mol. The molecule has 0 aliphatic carbocycles. The zero-order valence-corrected chi connectivity index (χ0v) is 12.1. The highest BCUT2D eigenvalue weighted by atomic mass is 14.7. The molecule has 3 aromatic rings. The predicted molar refractivity (Wildman–Crippen MR) is 88.1 cm³/mol. The van der Waals surface area contributed by atoms with E-state index < -0.39 is 0 Å². The molecule has 0 spiro atoms. The lowest BCUT2D eigenvalue weighted by molar-refractivity contribution is 0.800. The van der Waals surface area contributed by atoms with Crippen LogP contribution in [0.1, 0.15) is 17.7 Å². The Hall–Kier alpha value is -2.41. The molecule has 0 saturated heterocycles. The van der Waals surface area contributed by atoms with Crippen molar-refractivity contribution in [2.24, 2.45) is 0 Å². The van der Waals surface area contributed by atoms with Gasteiger partial charge < -0.3 is 0 Å². The topological polar surface area (TPSA) is 12.9 Å². The second-order valence-corrected chi connectivity index (χ2v) is 5.22. The van der Waals surface area contributed by atoms with Crippen molar-refractivity contribution < 1.29 is 0 Å². The molecule has 1 nitrogen and oxygen atoms in total. The highest BCUT2D eigenvalue weighted by Crippen LogP contribution is 2.17. The Morgan fingerprint density at radius 2 is 1.33 bits per heavy atom. The van der Waals surface area contributed by atoms with Gasteiger partial charge in [-0.05, 0) is 37.0 Å². The lowest BCUT2D eigenvalue weighted by Gasteiger charge is -2.05. The van der Waals surface area contributed by atoms with Crippen LogP contribution < -0.4 is 0 Å². The number of aromatic nitrogens is 1. The van der Waals surface area contributed by atoms with Crippen LogP contribution >= 0.6 is 0 Å². The van der Waals surface area contributed by atoms with Crippen LogP contribution in [0.25, 0.3) is 11.3 Å². The van der Waals surface area contributed by atoms with Gasteiger partial charge in [0.15, 0.2) is 0 Å². The Morgan fingerprint density at radius 1 is 0.619 bits per heavy atom. The third kappa shape index (κ3) is 3.79. The lowest BCUT2D eigenvalue weighted by Crippen LogP contribution is -1.94. The minimum atomic E-state index is 1.02. The van der Waals surface area contributed by atoms with Crippen LogP contribution in [0.15, 0.2) is 78.9 Å². The molecule has 1 heterocycles. The zero-order chi connectivity index (χ0) is 14.3. The van der Waals surface area contributed by atoms with Crippen molar-refractivity contribution in [3.05, 3.63) is 90.1 Å². The van der Waals surface area contributed by atoms with Crippen LogP contribution in [0, 0.1) is 0 Å². The SMILES string of the molecule is c1ccc(CCCc2cccc(-c3ccccc3)n2)cc1. The molecular weight excluding hydrogens is 254 g/mol. The lowest BCUT2D eigenvalue weighted by atomic mass is 10.1. The van der Waals surface area contributed by atoms with E-state index >= 15 is 0 Å². The summed E-state index contributed by atoms with van der Waals surface area (Å²) in [5.41, 5.74) is 4.82. The maximum Gasteiger partial charge on any atom is 0.0705 e. The van der Waals surface area contributed by atoms with Gasteiger partial charge in [0.25, 0.3) is 0 Å². The number of pyridine rings is 1. The van der Waals surface area contributed by atoms with E-state index in [1.54, 1.807) is 0 Å². The van der Waals surface area contributed by atoms with Crippen LogP contribution in [-0.4, -0.2) is 4.98 Å². The van der Waals surface area contributed by atoms with Crippen molar-refractivity contribution in [3.63, 3.8) is 0 Å². The monoisotopic (exact) mass is 273 g/mol. The maximum absolute atomic E-state index is 4.77. The van der Waals surface area contributed by atoms with Gasteiger partial charge in [0.05, 0.1) is 5.69 Å². The van der Waals surface area contributed by atoms with Crippen molar-refractivity contribution in [2.75, 3.05) is 0 Å². The highest BCUT2D eigenvalue weighted by Gasteiger charge is 2.01. The number of aryl methyl sites for hydroxylation is 2. The number of hydrogen-bond donors (Lipinski definition) is 0. The Kier molecular flexibility index (Phi) is 4.42. The molecule has 0 unspecified atom stereocenters. The third-order valence-electron chi connectivity index (χ3n) is 3.62. The molecule has 0 N–H and O–H groups in total. The van der Waals surface area contributed by atoms with Gasteiger partial charge in [-0.1, -0.05) is 66.7 Å². The normalized spacial score (nSPS) is 10.5. The molecule has 0 amide bonds. The Balaban J connectivity index is 1.64. The number of nitrogens with zero attached hydrogens (tertiary/aromatic N) is 1. The molecule has 1 heteroatoms. The molecule has 0 fully saturated rings. The summed E-state index contributed by atoms with van der Waals surface area (Å²) >= 11 is 0. The van der Waals surface area contributed by atoms with E-state index in [0.717, 1.165) is 25.0 Å². The van der Waals surface area contributed by atoms with Crippen molar-refractivity contribution in [1.29, 1.82) is 0 Å². The standard InChI is InChI=1S/C20H19N/c1-3-9-17(10-4-1)11-7-14-19-15-8-16-20(21-19)18-12-5-2-6-13-18/h1-6,8-10,12-13,15-16H,7,11,14H2. The Bertz CT molecular complexity index is 674. The molecule has 21 heavy (non-hydrogen) atoms. The smallest absolute Gasteiger partial charge is 0.0705 e. The van der Waals surface area contributed by atoms with Crippen molar-refractivity contribution in [2.45, 2.75) is 19.3 Å². The fourth-order valence-corrected chi connectivity index (χ4v) is 2.51. The molecule has 0 bridgehead atoms. The maximum atomic E-state index is 4.77. The largest absolute Gasteiger partial charge is 0.253 e. The molecule has 0 radical (unpaired) electrons. The summed E-state index contributed by atoms with van der Waals surface area (Å²) in [6, 6.07) is 27.3. The second-order valence-electron chi connectivity index (χ2n) is 5.22. The third-order valence-corrected chi connectivity index (χ3v) is 3.62. The predicted octanol–water partition coefficient (Wildman–Crippen LogP) is 4.92. The summed E-state index contributed by atoms with van der Waals surface area (Å²) in [6.45, 7) is 0. The van der Waals surface area contributed by atoms with Gasteiger partial charge in [-0.3, -0.25) is 4.98 Å². The van der Waals surface area contributed by atoms with Crippen LogP contribution in [-0.2, 0) is 12.8 Å². The van der Waals surface area contributed by atoms with E-state index in [-0.39, 0.29) is 0 Å². The first-order valence-corrected chi connectivity index (χ1v) is 7.47. The number of benzene rings is 2. The average Bonchev–Trinajstić information content (AvgIpc) is 2.57. The highest BCUT2D eigenvalue weighted by molar-refractivity contribution is 5.58. The van der Waals surface area contributed by atoms with Crippen LogP contribution in [0.4, 0.5) is 0 Å². The van der Waals surface area contributed by atoms with Gasteiger partial charge in [0, 0.05) is 11.3 Å². The first-order valence-electron chi connectivity index (χ1n) is 7.47. The molecule has 1 aromatic heterocycles. The fourth-order valence-electron chi connectivity index (χ4n) is 2.51. The molecule has 0 atom stereocenters. The minimum Gasteiger partial charge on any atom is -0.253 e. The number of rotatable bonds is 5. The molecule has 2 aromatic carbocycles. The van der Waals surface area contributed by atoms with E-state index in [1.807, 2.05) is 6.07 Å². The van der Waals surface area contributed by atoms with Gasteiger partial charge in [-0.15, -0.1) is 0 Å². The summed E-state index contributed by atoms with van der Waals surface area (Å²) in [5.74, 6) is 0. The molecule has 0 aliphatic rings. The quantitative estimate of drug-likeness (QED) is 0.642. The van der Waals surface area contributed by atoms with Gasteiger partial charge in [0.2, 0.25) is 0 Å². The van der Waals surface area contributed by atoms with E-state index in [1.165, 1.54) is 16.8 Å². The summed E-state index contributed by atoms with van der Waals surface area (Å²) < 4.78 is 0. The van der Waals surface area contributed by atoms with Crippen molar-refractivity contribution in [1.82, 2.24) is 4.98 Å². The molecular formula is C20H19N. The first kappa shape index (κ1) is 13.6. The van der Waals surface area contributed by atoms with E-state index in [2.05, 4.69) is 72.8 Å². The van der Waals surface area contributed by atoms with Crippen LogP contribution in [0.2, 0.25) is 0 Å². The molecule has 104 valence electrons. The van der Waals surface area contributed by atoms with Gasteiger partial charge in [-0.2, -0.15) is 0 Å². The Labute approximate surface area is 126 Å². The summed E-state index contributed by atoms with van der Waals surface area (Å²) in [6.07, 6.45) is 3.27. The second kappa shape index (κ2) is 6.85. The molecule has 3 rings (SSSR count). The van der Waals surface area contributed by atoms with Gasteiger partial charge in [-0.25, -0.2) is 0 Å². The summed E-state index contributed by atoms with van der Waals surface area (Å²) in [7, 11) is 0. The van der Waals surface area contributed by atoms with Crippen LogP contribution in [0.3, 0.4) is 0 Å². The van der Waals surface area contributed by atoms with Crippen molar-refractivity contribution >= 4 is 0 Å². The Morgan fingerprint density at radius 3 is 2.10 bits per heavy atom. The van der Waals surface area contributed by atoms with Crippen LogP contribution in [0.5, 0.6) is 0 Å². The summed E-state index contributed by atoms with van der Waals surface area (Å²) in [5, 5.41) is 0. The van der Waals surface area contributed by atoms with Gasteiger partial charge in [0.1, 0.15) is 0 Å². The summed E-state index contributed by atoms with van der Waals surface area (Å²) in [4.78, 5) is 4.77. The number of hydrogen-bond acceptors (Lipinski definition) is 1. The van der Waals surface area contributed by atoms with E-state index in [0.29, 0.717) is 0 Å². The molecule has 0 aliphatic heterocycles. The van der Waals surface area contributed by atoms with Gasteiger partial charge >= 0.3 is 0 Å². The van der Waals surface area contributed by atoms with Crippen molar-refractivity contribution in [3.8, 4) is 11.3 Å². The first-order chi connectivity index (χ1) is 10.4.